The predicted octanol–water partition coefficient (Wildman–Crippen LogP) is 1.06. The maximum atomic E-state index is 4.09. The molecule has 0 spiro atoms. The largest absolute Gasteiger partial charge is 0.283 e. The third-order valence-corrected chi connectivity index (χ3v) is 1.79. The van der Waals surface area contributed by atoms with Crippen molar-refractivity contribution >= 4 is 16.9 Å². The number of nitrogens with one attached hydrogen (secondary N) is 2. The Balaban J connectivity index is 2.43. The Morgan fingerprint density at radius 3 is 2.60 bits per heavy atom. The molecule has 1 aliphatic rings. The molecule has 0 aromatic heterocycles. The van der Waals surface area contributed by atoms with Crippen LogP contribution in [0.15, 0.2) is 17.4 Å². The first-order valence-corrected chi connectivity index (χ1v) is 4.02. The quantitative estimate of drug-likeness (QED) is 0.597. The molecule has 4 heteroatoms. The summed E-state index contributed by atoms with van der Waals surface area (Å²) in [6.07, 6.45) is 0. The van der Waals surface area contributed by atoms with Crippen molar-refractivity contribution in [1.82, 2.24) is 10.9 Å². The molecule has 0 radical (unpaired) electrons. The molecule has 2 N–H and O–H groups in total. The average Bonchev–Trinajstić information content (AvgIpc) is 2.13. The highest BCUT2D eigenvalue weighted by Gasteiger charge is 2.08. The van der Waals surface area contributed by atoms with Crippen molar-refractivity contribution in [2.24, 2.45) is 4.99 Å². The van der Waals surface area contributed by atoms with Gasteiger partial charge >= 0.3 is 0 Å². The minimum atomic E-state index is 0.555. The third-order valence-electron chi connectivity index (χ3n) is 0.898. The van der Waals surface area contributed by atoms with E-state index in [1.54, 1.807) is 11.8 Å². The zero-order valence-corrected chi connectivity index (χ0v) is 6.96. The summed E-state index contributed by atoms with van der Waals surface area (Å²) in [6, 6.07) is 0. The van der Waals surface area contributed by atoms with Crippen LogP contribution >= 0.6 is 11.8 Å². The van der Waals surface area contributed by atoms with E-state index in [0.29, 0.717) is 11.1 Å². The molecule has 0 amide bonds. The lowest BCUT2D eigenvalue weighted by atomic mass is 10.6. The number of rotatable bonds is 1. The lowest BCUT2D eigenvalue weighted by Gasteiger charge is -2.02. The van der Waals surface area contributed by atoms with Crippen molar-refractivity contribution in [3.8, 4) is 0 Å². The van der Waals surface area contributed by atoms with E-state index in [4.69, 9.17) is 0 Å². The van der Waals surface area contributed by atoms with Crippen molar-refractivity contribution in [3.05, 3.63) is 12.4 Å². The molecule has 1 rings (SSSR count). The van der Waals surface area contributed by atoms with Crippen molar-refractivity contribution < 1.29 is 0 Å². The highest BCUT2D eigenvalue weighted by molar-refractivity contribution is 8.14. The molecule has 0 unspecified atom stereocenters. The number of hydrogen-bond donors (Lipinski definition) is 2. The van der Waals surface area contributed by atoms with Crippen LogP contribution in [0.4, 0.5) is 0 Å². The molecule has 0 fully saturated rings. The van der Waals surface area contributed by atoms with Gasteiger partial charge < -0.3 is 0 Å². The maximum Gasteiger partial charge on any atom is 0.182 e. The fourth-order valence-electron chi connectivity index (χ4n) is 0.583. The molecule has 0 atom stereocenters. The van der Waals surface area contributed by atoms with Crippen LogP contribution in [0, 0.1) is 0 Å². The summed E-state index contributed by atoms with van der Waals surface area (Å²) in [4.78, 5) is 4.09. The van der Waals surface area contributed by atoms with E-state index in [2.05, 4.69) is 36.3 Å². The SMILES string of the molecule is C=C1N=C(SC(C)C)NN1. The molecule has 1 heterocycles. The third kappa shape index (κ3) is 1.95. The van der Waals surface area contributed by atoms with Crippen LogP contribution in [0.3, 0.4) is 0 Å². The van der Waals surface area contributed by atoms with Crippen LogP contribution in [0.25, 0.3) is 0 Å². The molecule has 0 aromatic carbocycles. The molecule has 56 valence electrons. The molecule has 0 saturated carbocycles. The first-order chi connectivity index (χ1) is 4.68. The second-order valence-electron chi connectivity index (χ2n) is 2.28. The van der Waals surface area contributed by atoms with Crippen molar-refractivity contribution in [1.29, 1.82) is 0 Å². The van der Waals surface area contributed by atoms with Gasteiger partial charge in [0.1, 0.15) is 5.82 Å². The zero-order valence-electron chi connectivity index (χ0n) is 6.14. The first kappa shape index (κ1) is 7.47. The second kappa shape index (κ2) is 2.96. The normalized spacial score (nSPS) is 16.7. The van der Waals surface area contributed by atoms with E-state index in [0.717, 1.165) is 5.17 Å². The van der Waals surface area contributed by atoms with Gasteiger partial charge in [-0.2, -0.15) is 0 Å². The standard InChI is InChI=1S/C6H11N3S/c1-4(2)10-6-7-5(3)8-9-6/h4,8H,3H2,1-2H3,(H,7,9). The molecular weight excluding hydrogens is 146 g/mol. The molecule has 3 nitrogen and oxygen atoms in total. The minimum Gasteiger partial charge on any atom is -0.283 e. The molecule has 10 heavy (non-hydrogen) atoms. The lowest BCUT2D eigenvalue weighted by molar-refractivity contribution is 0.818. The summed E-state index contributed by atoms with van der Waals surface area (Å²) in [7, 11) is 0. The summed E-state index contributed by atoms with van der Waals surface area (Å²) in [5, 5.41) is 1.46. The van der Waals surface area contributed by atoms with Gasteiger partial charge in [0.25, 0.3) is 0 Å². The molecule has 0 aromatic rings. The minimum absolute atomic E-state index is 0.555. The maximum absolute atomic E-state index is 4.09. The van der Waals surface area contributed by atoms with Gasteiger partial charge in [-0.25, -0.2) is 4.99 Å². The average molecular weight is 157 g/mol. The second-order valence-corrected chi connectivity index (χ2v) is 3.85. The Bertz CT molecular complexity index is 174. The monoisotopic (exact) mass is 157 g/mol. The Kier molecular flexibility index (Phi) is 2.21. The van der Waals surface area contributed by atoms with Gasteiger partial charge in [-0.05, 0) is 0 Å². The predicted molar refractivity (Wildman–Crippen MR) is 45.6 cm³/mol. The Labute approximate surface area is 65.0 Å². The summed E-state index contributed by atoms with van der Waals surface area (Å²) in [5.74, 6) is 0.683. The number of aliphatic imine (C=N–C) groups is 1. The van der Waals surface area contributed by atoms with E-state index in [1.807, 2.05) is 0 Å². The topological polar surface area (TPSA) is 36.4 Å². The van der Waals surface area contributed by atoms with E-state index in [-0.39, 0.29) is 0 Å². The lowest BCUT2D eigenvalue weighted by Crippen LogP contribution is -2.27. The Morgan fingerprint density at radius 1 is 1.50 bits per heavy atom. The zero-order chi connectivity index (χ0) is 7.56. The summed E-state index contributed by atoms with van der Waals surface area (Å²) in [6.45, 7) is 7.88. The number of hydrazine groups is 1. The van der Waals surface area contributed by atoms with Gasteiger partial charge in [0.2, 0.25) is 0 Å². The van der Waals surface area contributed by atoms with Crippen molar-refractivity contribution in [2.45, 2.75) is 19.1 Å². The number of thioether (sulfide) groups is 1. The fraction of sp³-hybridized carbons (Fsp3) is 0.500. The van der Waals surface area contributed by atoms with Gasteiger partial charge in [-0.15, -0.1) is 0 Å². The van der Waals surface area contributed by atoms with Gasteiger partial charge in [-0.1, -0.05) is 32.2 Å². The van der Waals surface area contributed by atoms with Gasteiger partial charge in [0, 0.05) is 5.25 Å². The molecule has 0 saturated heterocycles. The van der Waals surface area contributed by atoms with Gasteiger partial charge in [0.05, 0.1) is 0 Å². The van der Waals surface area contributed by atoms with E-state index in [9.17, 15) is 0 Å². The van der Waals surface area contributed by atoms with Crippen molar-refractivity contribution in [3.63, 3.8) is 0 Å². The fourth-order valence-corrected chi connectivity index (χ4v) is 1.30. The summed E-state index contributed by atoms with van der Waals surface area (Å²) < 4.78 is 0. The first-order valence-electron chi connectivity index (χ1n) is 3.15. The number of nitrogens with zero attached hydrogens (tertiary/aromatic N) is 1. The van der Waals surface area contributed by atoms with E-state index >= 15 is 0 Å². The number of amidine groups is 1. The van der Waals surface area contributed by atoms with Crippen LogP contribution in [-0.4, -0.2) is 10.4 Å². The van der Waals surface area contributed by atoms with Crippen LogP contribution in [0.1, 0.15) is 13.8 Å². The van der Waals surface area contributed by atoms with Crippen LogP contribution in [-0.2, 0) is 0 Å². The van der Waals surface area contributed by atoms with Gasteiger partial charge in [-0.3, -0.25) is 10.9 Å². The summed E-state index contributed by atoms with van der Waals surface area (Å²) >= 11 is 1.68. The van der Waals surface area contributed by atoms with Crippen LogP contribution in [0.2, 0.25) is 0 Å². The highest BCUT2D eigenvalue weighted by atomic mass is 32.2. The van der Waals surface area contributed by atoms with Crippen molar-refractivity contribution in [2.75, 3.05) is 0 Å². The molecule has 0 bridgehead atoms. The Hall–Kier alpha value is -0.640. The Morgan fingerprint density at radius 2 is 2.20 bits per heavy atom. The van der Waals surface area contributed by atoms with Crippen LogP contribution in [0.5, 0.6) is 0 Å². The molecule has 1 aliphatic heterocycles. The van der Waals surface area contributed by atoms with E-state index in [1.165, 1.54) is 0 Å². The smallest absolute Gasteiger partial charge is 0.182 e. The molecule has 0 aliphatic carbocycles. The van der Waals surface area contributed by atoms with E-state index < -0.39 is 0 Å². The summed E-state index contributed by atoms with van der Waals surface area (Å²) in [5.41, 5.74) is 5.71. The highest BCUT2D eigenvalue weighted by Crippen LogP contribution is 2.12. The number of hydrogen-bond acceptors (Lipinski definition) is 4. The van der Waals surface area contributed by atoms with Gasteiger partial charge in [0.15, 0.2) is 5.17 Å². The van der Waals surface area contributed by atoms with Crippen LogP contribution < -0.4 is 10.9 Å². The molecular formula is C6H11N3S.